The van der Waals surface area contributed by atoms with Crippen molar-refractivity contribution in [1.29, 1.82) is 0 Å². The maximum Gasteiger partial charge on any atom is 0.191 e. The minimum absolute atomic E-state index is 0.276. The van der Waals surface area contributed by atoms with Gasteiger partial charge in [-0.25, -0.2) is 0 Å². The highest BCUT2D eigenvalue weighted by Crippen LogP contribution is 2.37. The molecule has 0 aromatic heterocycles. The Balaban J connectivity index is 2.37. The Bertz CT molecular complexity index is 328. The maximum absolute atomic E-state index is 6.36. The first-order valence-corrected chi connectivity index (χ1v) is 12.0. The molecule has 0 aromatic rings. The smallest absolute Gasteiger partial charge is 0.191 e. The van der Waals surface area contributed by atoms with Gasteiger partial charge in [-0.1, -0.05) is 41.0 Å². The van der Waals surface area contributed by atoms with Gasteiger partial charge >= 0.3 is 0 Å². The average Bonchev–Trinajstić information content (AvgIpc) is 2.83. The van der Waals surface area contributed by atoms with Crippen LogP contribution in [0.3, 0.4) is 0 Å². The molecule has 0 bridgehead atoms. The van der Waals surface area contributed by atoms with Gasteiger partial charge in [0.2, 0.25) is 0 Å². The summed E-state index contributed by atoms with van der Waals surface area (Å²) in [5.41, 5.74) is 6.15. The van der Waals surface area contributed by atoms with E-state index in [0.717, 1.165) is 38.7 Å². The molecular formula is C18H39NO2Si. The summed E-state index contributed by atoms with van der Waals surface area (Å²) in [6, 6.07) is 0.299. The van der Waals surface area contributed by atoms with Gasteiger partial charge in [-0.3, -0.25) is 0 Å². The standard InChI is InChI=1S/C18H39NO2Si/c1-8-9-15(19)12-16-10-11-17(21-16)14(2)13-20-22(6,7)18(3,4)5/h14-17H,8-13,19H2,1-7H3/t14-,15+,16-,17+/m0/s1. The number of nitrogens with two attached hydrogens (primary N) is 1. The van der Waals surface area contributed by atoms with E-state index < -0.39 is 8.32 Å². The lowest BCUT2D eigenvalue weighted by Gasteiger charge is -2.37. The largest absolute Gasteiger partial charge is 0.416 e. The topological polar surface area (TPSA) is 44.5 Å². The Labute approximate surface area is 139 Å². The van der Waals surface area contributed by atoms with Gasteiger partial charge < -0.3 is 14.9 Å². The van der Waals surface area contributed by atoms with Gasteiger partial charge in [-0.2, -0.15) is 0 Å². The molecule has 0 spiro atoms. The van der Waals surface area contributed by atoms with E-state index in [2.05, 4.69) is 47.7 Å². The molecular weight excluding hydrogens is 290 g/mol. The zero-order chi connectivity index (χ0) is 17.0. The van der Waals surface area contributed by atoms with Crippen molar-refractivity contribution in [3.63, 3.8) is 0 Å². The monoisotopic (exact) mass is 329 g/mol. The van der Waals surface area contributed by atoms with Crippen LogP contribution in [0.2, 0.25) is 18.1 Å². The maximum atomic E-state index is 6.36. The summed E-state index contributed by atoms with van der Waals surface area (Å²) >= 11 is 0. The molecule has 1 rings (SSSR count). The molecule has 1 heterocycles. The lowest BCUT2D eigenvalue weighted by Crippen LogP contribution is -2.42. The third-order valence-electron chi connectivity index (χ3n) is 5.51. The van der Waals surface area contributed by atoms with E-state index in [1.54, 1.807) is 0 Å². The molecule has 1 saturated heterocycles. The molecule has 2 N–H and O–H groups in total. The Morgan fingerprint density at radius 3 is 2.45 bits per heavy atom. The molecule has 4 heteroatoms. The Kier molecular flexibility index (Phi) is 7.57. The van der Waals surface area contributed by atoms with Gasteiger partial charge in [-0.15, -0.1) is 0 Å². The molecule has 3 nitrogen and oxygen atoms in total. The highest BCUT2D eigenvalue weighted by molar-refractivity contribution is 6.74. The fourth-order valence-electron chi connectivity index (χ4n) is 2.82. The Hall–Kier alpha value is 0.0969. The van der Waals surface area contributed by atoms with E-state index in [0.29, 0.717) is 24.2 Å². The predicted octanol–water partition coefficient (Wildman–Crippen LogP) is 4.71. The number of rotatable bonds is 8. The second kappa shape index (κ2) is 8.27. The van der Waals surface area contributed by atoms with Crippen molar-refractivity contribution in [2.24, 2.45) is 11.7 Å². The van der Waals surface area contributed by atoms with Crippen LogP contribution in [0.25, 0.3) is 0 Å². The summed E-state index contributed by atoms with van der Waals surface area (Å²) < 4.78 is 12.6. The second-order valence-electron chi connectivity index (χ2n) is 8.71. The van der Waals surface area contributed by atoms with Crippen molar-refractivity contribution in [1.82, 2.24) is 0 Å². The minimum Gasteiger partial charge on any atom is -0.416 e. The van der Waals surface area contributed by atoms with Gasteiger partial charge in [0.25, 0.3) is 0 Å². The summed E-state index contributed by atoms with van der Waals surface area (Å²) in [7, 11) is -1.65. The van der Waals surface area contributed by atoms with E-state index in [-0.39, 0.29) is 5.04 Å². The van der Waals surface area contributed by atoms with Crippen molar-refractivity contribution in [2.45, 2.75) is 103 Å². The van der Waals surface area contributed by atoms with Crippen LogP contribution in [0.15, 0.2) is 0 Å². The van der Waals surface area contributed by atoms with Crippen LogP contribution in [-0.4, -0.2) is 33.2 Å². The van der Waals surface area contributed by atoms with Crippen LogP contribution in [0.5, 0.6) is 0 Å². The zero-order valence-corrected chi connectivity index (χ0v) is 16.9. The van der Waals surface area contributed by atoms with E-state index in [1.165, 1.54) is 0 Å². The van der Waals surface area contributed by atoms with Gasteiger partial charge in [0.1, 0.15) is 0 Å². The first-order chi connectivity index (χ1) is 10.1. The molecule has 0 aromatic carbocycles. The van der Waals surface area contributed by atoms with Crippen LogP contribution in [0, 0.1) is 5.92 Å². The van der Waals surface area contributed by atoms with Gasteiger partial charge in [0.15, 0.2) is 8.32 Å². The van der Waals surface area contributed by atoms with Crippen LogP contribution in [0.1, 0.15) is 66.7 Å². The van der Waals surface area contributed by atoms with Crippen molar-refractivity contribution in [3.05, 3.63) is 0 Å². The predicted molar refractivity (Wildman–Crippen MR) is 97.7 cm³/mol. The zero-order valence-electron chi connectivity index (χ0n) is 15.9. The SMILES string of the molecule is CCC[C@@H](N)C[C@@H]1CC[C@H]([C@@H](C)CO[Si](C)(C)C(C)(C)C)O1. The third kappa shape index (κ3) is 5.95. The molecule has 1 aliphatic heterocycles. The van der Waals surface area contributed by atoms with Gasteiger partial charge in [0, 0.05) is 18.6 Å². The average molecular weight is 330 g/mol. The van der Waals surface area contributed by atoms with E-state index >= 15 is 0 Å². The van der Waals surface area contributed by atoms with E-state index in [4.69, 9.17) is 14.9 Å². The summed E-state index contributed by atoms with van der Waals surface area (Å²) in [4.78, 5) is 0. The summed E-state index contributed by atoms with van der Waals surface area (Å²) in [5.74, 6) is 0.474. The molecule has 4 atom stereocenters. The minimum atomic E-state index is -1.65. The van der Waals surface area contributed by atoms with Crippen LogP contribution < -0.4 is 5.73 Å². The van der Waals surface area contributed by atoms with Gasteiger partial charge in [0.05, 0.1) is 12.2 Å². The molecule has 0 amide bonds. The van der Waals surface area contributed by atoms with Crippen molar-refractivity contribution < 1.29 is 9.16 Å². The van der Waals surface area contributed by atoms with Crippen LogP contribution in [0.4, 0.5) is 0 Å². The molecule has 0 radical (unpaired) electrons. The highest BCUT2D eigenvalue weighted by Gasteiger charge is 2.38. The van der Waals surface area contributed by atoms with Gasteiger partial charge in [-0.05, 0) is 43.8 Å². The lowest BCUT2D eigenvalue weighted by molar-refractivity contribution is -0.00403. The molecule has 0 unspecified atom stereocenters. The summed E-state index contributed by atoms with van der Waals surface area (Å²) in [6.45, 7) is 16.8. The van der Waals surface area contributed by atoms with Crippen LogP contribution >= 0.6 is 0 Å². The quantitative estimate of drug-likeness (QED) is 0.656. The van der Waals surface area contributed by atoms with E-state index in [1.807, 2.05) is 0 Å². The third-order valence-corrected chi connectivity index (χ3v) is 10.0. The Morgan fingerprint density at radius 1 is 1.27 bits per heavy atom. The second-order valence-corrected chi connectivity index (χ2v) is 13.5. The fourth-order valence-corrected chi connectivity index (χ4v) is 3.93. The molecule has 1 aliphatic rings. The molecule has 132 valence electrons. The number of hydrogen-bond acceptors (Lipinski definition) is 3. The molecule has 22 heavy (non-hydrogen) atoms. The number of hydrogen-bond donors (Lipinski definition) is 1. The Morgan fingerprint density at radius 2 is 1.91 bits per heavy atom. The molecule has 0 aliphatic carbocycles. The van der Waals surface area contributed by atoms with Crippen molar-refractivity contribution in [3.8, 4) is 0 Å². The lowest BCUT2D eigenvalue weighted by atomic mass is 10.0. The normalized spacial score (nSPS) is 26.2. The number of ether oxygens (including phenoxy) is 1. The molecule has 0 saturated carbocycles. The first kappa shape index (κ1) is 20.1. The molecule has 1 fully saturated rings. The van der Waals surface area contributed by atoms with Crippen molar-refractivity contribution >= 4 is 8.32 Å². The fraction of sp³-hybridized carbons (Fsp3) is 1.00. The summed E-state index contributed by atoms with van der Waals surface area (Å²) in [5, 5.41) is 0.276. The van der Waals surface area contributed by atoms with Crippen molar-refractivity contribution in [2.75, 3.05) is 6.61 Å². The van der Waals surface area contributed by atoms with Crippen LogP contribution in [-0.2, 0) is 9.16 Å². The first-order valence-electron chi connectivity index (χ1n) is 9.11. The van der Waals surface area contributed by atoms with E-state index in [9.17, 15) is 0 Å². The highest BCUT2D eigenvalue weighted by atomic mass is 28.4. The summed E-state index contributed by atoms with van der Waals surface area (Å²) in [6.07, 6.45) is 6.31.